The fraction of sp³-hybridized carbons (Fsp3) is 0.429. The lowest BCUT2D eigenvalue weighted by Gasteiger charge is -2.12. The van der Waals surface area contributed by atoms with Crippen LogP contribution < -0.4 is 5.32 Å². The Kier molecular flexibility index (Phi) is 3.38. The molecule has 0 aliphatic heterocycles. The van der Waals surface area contributed by atoms with Crippen LogP contribution in [0.5, 0.6) is 0 Å². The highest BCUT2D eigenvalue weighted by Gasteiger charge is 2.20. The van der Waals surface area contributed by atoms with E-state index in [1.54, 1.807) is 17.5 Å². The number of nitrogens with one attached hydrogen (secondary N) is 2. The minimum atomic E-state index is -0.0154. The van der Waals surface area contributed by atoms with E-state index >= 15 is 0 Å². The Hall–Kier alpha value is -1.62. The van der Waals surface area contributed by atoms with Crippen LogP contribution in [0.25, 0.3) is 0 Å². The molecule has 0 fully saturated rings. The Labute approximate surface area is 116 Å². The summed E-state index contributed by atoms with van der Waals surface area (Å²) in [6, 6.07) is 0. The number of anilines is 1. The minimum absolute atomic E-state index is 0.0154. The molecule has 4 nitrogen and oxygen atoms in total. The molecule has 0 unspecified atom stereocenters. The van der Waals surface area contributed by atoms with E-state index in [1.165, 1.54) is 23.3 Å². The van der Waals surface area contributed by atoms with Crippen LogP contribution in [-0.4, -0.2) is 16.1 Å². The Morgan fingerprint density at radius 3 is 3.16 bits per heavy atom. The molecule has 1 aliphatic carbocycles. The smallest absolute Gasteiger partial charge is 0.257 e. The van der Waals surface area contributed by atoms with E-state index in [0.717, 1.165) is 36.2 Å². The number of rotatable bonds is 3. The normalized spacial score (nSPS) is 14.2. The molecule has 2 heterocycles. The standard InChI is InChI=1S/C14H17N3OS/c1-2-9-7-15-17-13(9)16-14(18)11-8-19-12-6-4-3-5-10(11)12/h7-8H,2-6H2,1H3,(H2,15,16,17,18). The number of aromatic amines is 1. The summed E-state index contributed by atoms with van der Waals surface area (Å²) in [5.74, 6) is 0.710. The summed E-state index contributed by atoms with van der Waals surface area (Å²) in [4.78, 5) is 13.7. The summed E-state index contributed by atoms with van der Waals surface area (Å²) >= 11 is 1.72. The van der Waals surface area contributed by atoms with Gasteiger partial charge in [0.2, 0.25) is 0 Å². The van der Waals surface area contributed by atoms with Gasteiger partial charge in [0, 0.05) is 15.8 Å². The molecule has 0 atom stereocenters. The van der Waals surface area contributed by atoms with Gasteiger partial charge in [-0.15, -0.1) is 11.3 Å². The number of hydrogen-bond acceptors (Lipinski definition) is 3. The fourth-order valence-corrected chi connectivity index (χ4v) is 3.68. The number of aryl methyl sites for hydroxylation is 2. The van der Waals surface area contributed by atoms with Crippen LogP contribution in [0, 0.1) is 0 Å². The third-order valence-electron chi connectivity index (χ3n) is 3.64. The number of carbonyl (C=O) groups excluding carboxylic acids is 1. The van der Waals surface area contributed by atoms with Crippen molar-refractivity contribution in [2.24, 2.45) is 0 Å². The lowest BCUT2D eigenvalue weighted by molar-refractivity contribution is 0.102. The maximum atomic E-state index is 12.4. The third-order valence-corrected chi connectivity index (χ3v) is 4.73. The number of thiophene rings is 1. The molecular formula is C14H17N3OS. The van der Waals surface area contributed by atoms with Crippen LogP contribution in [0.4, 0.5) is 5.82 Å². The van der Waals surface area contributed by atoms with Crippen molar-refractivity contribution in [3.8, 4) is 0 Å². The van der Waals surface area contributed by atoms with Crippen molar-refractivity contribution in [1.82, 2.24) is 10.2 Å². The topological polar surface area (TPSA) is 57.8 Å². The van der Waals surface area contributed by atoms with Gasteiger partial charge in [-0.3, -0.25) is 9.89 Å². The zero-order valence-electron chi connectivity index (χ0n) is 11.0. The van der Waals surface area contributed by atoms with E-state index in [2.05, 4.69) is 15.5 Å². The molecule has 0 radical (unpaired) electrons. The molecule has 0 spiro atoms. The first-order valence-corrected chi connectivity index (χ1v) is 7.60. The lowest BCUT2D eigenvalue weighted by Crippen LogP contribution is -2.15. The van der Waals surface area contributed by atoms with Crippen LogP contribution in [0.2, 0.25) is 0 Å². The van der Waals surface area contributed by atoms with E-state index in [0.29, 0.717) is 0 Å². The Morgan fingerprint density at radius 2 is 2.32 bits per heavy atom. The van der Waals surface area contributed by atoms with E-state index in [4.69, 9.17) is 0 Å². The molecule has 0 saturated carbocycles. The maximum Gasteiger partial charge on any atom is 0.257 e. The predicted molar refractivity (Wildman–Crippen MR) is 76.9 cm³/mol. The average Bonchev–Trinajstić information content (AvgIpc) is 3.04. The van der Waals surface area contributed by atoms with Crippen LogP contribution in [0.15, 0.2) is 11.6 Å². The van der Waals surface area contributed by atoms with Crippen molar-refractivity contribution >= 4 is 23.1 Å². The second-order valence-corrected chi connectivity index (χ2v) is 5.80. The van der Waals surface area contributed by atoms with Gasteiger partial charge in [-0.25, -0.2) is 0 Å². The average molecular weight is 275 g/mol. The summed E-state index contributed by atoms with van der Waals surface area (Å²) < 4.78 is 0. The first-order chi connectivity index (χ1) is 9.29. The number of H-pyrrole nitrogens is 1. The molecule has 100 valence electrons. The first kappa shape index (κ1) is 12.4. The SMILES string of the molecule is CCc1cn[nH]c1NC(=O)c1csc2c1CCCC2. The number of fused-ring (bicyclic) bond motifs is 1. The van der Waals surface area contributed by atoms with Gasteiger partial charge in [0.25, 0.3) is 5.91 Å². The first-order valence-electron chi connectivity index (χ1n) is 6.72. The summed E-state index contributed by atoms with van der Waals surface area (Å²) in [7, 11) is 0. The van der Waals surface area contributed by atoms with Gasteiger partial charge in [-0.05, 0) is 37.7 Å². The zero-order chi connectivity index (χ0) is 13.2. The zero-order valence-corrected chi connectivity index (χ0v) is 11.8. The van der Waals surface area contributed by atoms with Gasteiger partial charge >= 0.3 is 0 Å². The Balaban J connectivity index is 1.83. The van der Waals surface area contributed by atoms with Gasteiger partial charge < -0.3 is 5.32 Å². The van der Waals surface area contributed by atoms with Crippen LogP contribution in [0.1, 0.15) is 46.1 Å². The van der Waals surface area contributed by atoms with Gasteiger partial charge in [0.05, 0.1) is 11.8 Å². The molecule has 2 N–H and O–H groups in total. The number of aromatic nitrogens is 2. The molecular weight excluding hydrogens is 258 g/mol. The van der Waals surface area contributed by atoms with Gasteiger partial charge in [0.1, 0.15) is 5.82 Å². The minimum Gasteiger partial charge on any atom is -0.307 e. The highest BCUT2D eigenvalue weighted by atomic mass is 32.1. The summed E-state index contributed by atoms with van der Waals surface area (Å²) in [6.45, 7) is 2.05. The molecule has 1 amide bonds. The molecule has 2 aromatic rings. The van der Waals surface area contributed by atoms with Crippen molar-refractivity contribution in [3.05, 3.63) is 33.1 Å². The summed E-state index contributed by atoms with van der Waals surface area (Å²) in [5.41, 5.74) is 3.14. The summed E-state index contributed by atoms with van der Waals surface area (Å²) in [6.07, 6.45) is 7.21. The monoisotopic (exact) mass is 275 g/mol. The van der Waals surface area contributed by atoms with Crippen molar-refractivity contribution in [3.63, 3.8) is 0 Å². The maximum absolute atomic E-state index is 12.4. The van der Waals surface area contributed by atoms with Crippen LogP contribution >= 0.6 is 11.3 Å². The number of hydrogen-bond donors (Lipinski definition) is 2. The Bertz CT molecular complexity index is 600. The largest absolute Gasteiger partial charge is 0.307 e. The second kappa shape index (κ2) is 5.17. The van der Waals surface area contributed by atoms with Crippen molar-refractivity contribution in [2.45, 2.75) is 39.0 Å². The quantitative estimate of drug-likeness (QED) is 0.904. The molecule has 0 aromatic carbocycles. The van der Waals surface area contributed by atoms with Crippen LogP contribution in [0.3, 0.4) is 0 Å². The predicted octanol–water partition coefficient (Wildman–Crippen LogP) is 3.16. The van der Waals surface area contributed by atoms with Crippen molar-refractivity contribution < 1.29 is 4.79 Å². The number of amides is 1. The molecule has 0 saturated heterocycles. The van der Waals surface area contributed by atoms with Gasteiger partial charge in [0.15, 0.2) is 0 Å². The van der Waals surface area contributed by atoms with Crippen molar-refractivity contribution in [2.75, 3.05) is 5.32 Å². The second-order valence-electron chi connectivity index (χ2n) is 4.84. The molecule has 19 heavy (non-hydrogen) atoms. The molecule has 1 aliphatic rings. The molecule has 2 aromatic heterocycles. The lowest BCUT2D eigenvalue weighted by atomic mass is 9.95. The van der Waals surface area contributed by atoms with Crippen molar-refractivity contribution in [1.29, 1.82) is 0 Å². The van der Waals surface area contributed by atoms with Gasteiger partial charge in [-0.2, -0.15) is 5.10 Å². The summed E-state index contributed by atoms with van der Waals surface area (Å²) in [5, 5.41) is 11.8. The molecule has 3 rings (SSSR count). The Morgan fingerprint density at radius 1 is 1.47 bits per heavy atom. The highest BCUT2D eigenvalue weighted by molar-refractivity contribution is 7.10. The van der Waals surface area contributed by atoms with Crippen LogP contribution in [-0.2, 0) is 19.3 Å². The van der Waals surface area contributed by atoms with E-state index < -0.39 is 0 Å². The fourth-order valence-electron chi connectivity index (χ4n) is 2.55. The van der Waals surface area contributed by atoms with E-state index in [-0.39, 0.29) is 5.91 Å². The third kappa shape index (κ3) is 2.30. The van der Waals surface area contributed by atoms with E-state index in [9.17, 15) is 4.79 Å². The van der Waals surface area contributed by atoms with E-state index in [1.807, 2.05) is 12.3 Å². The highest BCUT2D eigenvalue weighted by Crippen LogP contribution is 2.30. The molecule has 0 bridgehead atoms. The van der Waals surface area contributed by atoms with Gasteiger partial charge in [-0.1, -0.05) is 6.92 Å². The number of carbonyl (C=O) groups is 1. The number of nitrogens with zero attached hydrogens (tertiary/aromatic N) is 1. The molecule has 5 heteroatoms.